The molecule has 0 aliphatic carbocycles. The highest BCUT2D eigenvalue weighted by atomic mass is 16.5. The number of urea groups is 1. The maximum absolute atomic E-state index is 12.7. The molecule has 0 radical (unpaired) electrons. The zero-order valence-electron chi connectivity index (χ0n) is 18.9. The van der Waals surface area contributed by atoms with Crippen LogP contribution in [0.1, 0.15) is 25.7 Å². The van der Waals surface area contributed by atoms with E-state index in [4.69, 9.17) is 9.47 Å². The summed E-state index contributed by atoms with van der Waals surface area (Å²) in [5.74, 6) is 3.09. The smallest absolute Gasteiger partial charge is 0.321 e. The molecular weight excluding hydrogens is 408 g/mol. The number of nitrogens with zero attached hydrogens (tertiary/aromatic N) is 5. The van der Waals surface area contributed by atoms with E-state index < -0.39 is 0 Å². The van der Waals surface area contributed by atoms with Gasteiger partial charge in [0.05, 0.1) is 14.2 Å². The molecule has 3 heterocycles. The van der Waals surface area contributed by atoms with Gasteiger partial charge >= 0.3 is 6.03 Å². The number of ether oxygens (including phenoxy) is 2. The van der Waals surface area contributed by atoms with Crippen LogP contribution in [0, 0.1) is 0 Å². The summed E-state index contributed by atoms with van der Waals surface area (Å²) in [6.07, 6.45) is 5.03. The number of methoxy groups -OCH3 is 2. The van der Waals surface area contributed by atoms with Crippen LogP contribution < -0.4 is 24.6 Å². The first-order chi connectivity index (χ1) is 15.7. The molecule has 32 heavy (non-hydrogen) atoms. The summed E-state index contributed by atoms with van der Waals surface area (Å²) < 4.78 is 10.5. The predicted octanol–water partition coefficient (Wildman–Crippen LogP) is 3.23. The van der Waals surface area contributed by atoms with E-state index in [1.807, 2.05) is 11.0 Å². The van der Waals surface area contributed by atoms with Crippen molar-refractivity contribution in [3.05, 3.63) is 30.3 Å². The molecule has 4 rings (SSSR count). The summed E-state index contributed by atoms with van der Waals surface area (Å²) in [6.45, 7) is 4.77. The largest absolute Gasteiger partial charge is 0.497 e. The van der Waals surface area contributed by atoms with Gasteiger partial charge in [0, 0.05) is 63.2 Å². The van der Waals surface area contributed by atoms with Crippen LogP contribution in [0.25, 0.3) is 0 Å². The molecule has 9 nitrogen and oxygen atoms in total. The van der Waals surface area contributed by atoms with Crippen LogP contribution in [-0.4, -0.2) is 74.6 Å². The van der Waals surface area contributed by atoms with Crippen molar-refractivity contribution in [3.63, 3.8) is 0 Å². The zero-order chi connectivity index (χ0) is 22.3. The fourth-order valence-corrected chi connectivity index (χ4v) is 4.18. The normalized spacial score (nSPS) is 17.0. The molecular formula is C23H32N6O3. The number of carbonyl (C=O) groups excluding carboxylic acids is 1. The van der Waals surface area contributed by atoms with E-state index in [-0.39, 0.29) is 6.03 Å². The van der Waals surface area contributed by atoms with Gasteiger partial charge < -0.3 is 29.5 Å². The van der Waals surface area contributed by atoms with Crippen LogP contribution in [0.5, 0.6) is 11.5 Å². The first-order valence-corrected chi connectivity index (χ1v) is 11.3. The molecule has 1 N–H and O–H groups in total. The molecule has 9 heteroatoms. The Morgan fingerprint density at radius 3 is 1.81 bits per heavy atom. The molecule has 172 valence electrons. The van der Waals surface area contributed by atoms with E-state index in [1.54, 1.807) is 32.4 Å². The van der Waals surface area contributed by atoms with Gasteiger partial charge in [0.1, 0.15) is 11.5 Å². The van der Waals surface area contributed by atoms with Crippen molar-refractivity contribution in [3.8, 4) is 11.5 Å². The lowest BCUT2D eigenvalue weighted by atomic mass is 10.2. The topological polar surface area (TPSA) is 83.1 Å². The maximum Gasteiger partial charge on any atom is 0.321 e. The number of carbonyl (C=O) groups is 1. The molecule has 0 unspecified atom stereocenters. The SMILES string of the molecule is COc1cc(NC(=O)N2CCN(c3ccc(N4CCCCCC4)nn3)CC2)cc(OC)c1. The third-order valence-corrected chi connectivity index (χ3v) is 6.06. The molecule has 0 bridgehead atoms. The number of nitrogens with one attached hydrogen (secondary N) is 1. The zero-order valence-corrected chi connectivity index (χ0v) is 18.9. The molecule has 2 aliphatic rings. The molecule has 2 amide bonds. The Kier molecular flexibility index (Phi) is 7.14. The summed E-state index contributed by atoms with van der Waals surface area (Å²) in [6, 6.07) is 9.31. The Balaban J connectivity index is 1.31. The molecule has 1 aromatic carbocycles. The molecule has 2 fully saturated rings. The Morgan fingerprint density at radius 1 is 0.781 bits per heavy atom. The van der Waals surface area contributed by atoms with Crippen LogP contribution >= 0.6 is 0 Å². The molecule has 0 saturated carbocycles. The molecule has 2 aliphatic heterocycles. The number of amides is 2. The lowest BCUT2D eigenvalue weighted by molar-refractivity contribution is 0.208. The standard InChI is InChI=1S/C23H32N6O3/c1-31-19-15-18(16-20(17-19)32-2)24-23(30)29-13-11-28(12-14-29)22-8-7-21(25-26-22)27-9-5-3-4-6-10-27/h7-8,15-17H,3-6,9-14H2,1-2H3,(H,24,30). The summed E-state index contributed by atoms with van der Waals surface area (Å²) in [4.78, 5) is 19.1. The maximum atomic E-state index is 12.7. The monoisotopic (exact) mass is 440 g/mol. The average Bonchev–Trinajstić information content (AvgIpc) is 3.13. The van der Waals surface area contributed by atoms with Crippen LogP contribution in [0.3, 0.4) is 0 Å². The second-order valence-corrected chi connectivity index (χ2v) is 8.16. The summed E-state index contributed by atoms with van der Waals surface area (Å²) in [7, 11) is 3.17. The summed E-state index contributed by atoms with van der Waals surface area (Å²) in [5.41, 5.74) is 0.642. The van der Waals surface area contributed by atoms with Crippen molar-refractivity contribution in [1.82, 2.24) is 15.1 Å². The van der Waals surface area contributed by atoms with Gasteiger partial charge in [-0.15, -0.1) is 10.2 Å². The Labute approximate surface area is 189 Å². The lowest BCUT2D eigenvalue weighted by Gasteiger charge is -2.35. The van der Waals surface area contributed by atoms with E-state index in [0.29, 0.717) is 43.4 Å². The van der Waals surface area contributed by atoms with Gasteiger partial charge in [-0.25, -0.2) is 4.79 Å². The van der Waals surface area contributed by atoms with Crippen LogP contribution in [-0.2, 0) is 0 Å². The van der Waals surface area contributed by atoms with Crippen LogP contribution in [0.2, 0.25) is 0 Å². The first-order valence-electron chi connectivity index (χ1n) is 11.3. The van der Waals surface area contributed by atoms with Crippen molar-refractivity contribution in [2.75, 3.05) is 68.6 Å². The van der Waals surface area contributed by atoms with Crippen molar-refractivity contribution >= 4 is 23.4 Å². The van der Waals surface area contributed by atoms with Crippen molar-refractivity contribution in [1.29, 1.82) is 0 Å². The second-order valence-electron chi connectivity index (χ2n) is 8.16. The number of hydrogen-bond acceptors (Lipinski definition) is 7. The minimum atomic E-state index is -0.137. The van der Waals surface area contributed by atoms with E-state index >= 15 is 0 Å². The van der Waals surface area contributed by atoms with E-state index in [2.05, 4.69) is 31.4 Å². The molecule has 0 spiro atoms. The minimum absolute atomic E-state index is 0.137. The van der Waals surface area contributed by atoms with Crippen LogP contribution in [0.4, 0.5) is 22.1 Å². The number of aromatic nitrogens is 2. The summed E-state index contributed by atoms with van der Waals surface area (Å²) in [5, 5.41) is 11.9. The molecule has 2 aromatic rings. The van der Waals surface area contributed by atoms with Crippen LogP contribution in [0.15, 0.2) is 30.3 Å². The van der Waals surface area contributed by atoms with E-state index in [9.17, 15) is 4.79 Å². The highest BCUT2D eigenvalue weighted by Gasteiger charge is 2.23. The van der Waals surface area contributed by atoms with E-state index in [1.165, 1.54) is 25.7 Å². The third-order valence-electron chi connectivity index (χ3n) is 6.06. The van der Waals surface area contributed by atoms with Crippen molar-refractivity contribution in [2.45, 2.75) is 25.7 Å². The number of hydrogen-bond donors (Lipinski definition) is 1. The molecule has 0 atom stereocenters. The number of benzene rings is 1. The fraction of sp³-hybridized carbons (Fsp3) is 0.522. The number of rotatable bonds is 5. The minimum Gasteiger partial charge on any atom is -0.497 e. The van der Waals surface area contributed by atoms with Gasteiger partial charge in [-0.3, -0.25) is 0 Å². The van der Waals surface area contributed by atoms with E-state index in [0.717, 1.165) is 24.7 Å². The van der Waals surface area contributed by atoms with Gasteiger partial charge in [0.25, 0.3) is 0 Å². The average molecular weight is 441 g/mol. The first kappa shape index (κ1) is 22.0. The van der Waals surface area contributed by atoms with Gasteiger partial charge in [0.2, 0.25) is 0 Å². The highest BCUT2D eigenvalue weighted by Crippen LogP contribution is 2.26. The van der Waals surface area contributed by atoms with Crippen molar-refractivity contribution in [2.24, 2.45) is 0 Å². The highest BCUT2D eigenvalue weighted by molar-refractivity contribution is 5.90. The van der Waals surface area contributed by atoms with Gasteiger partial charge in [-0.05, 0) is 25.0 Å². The second kappa shape index (κ2) is 10.4. The third kappa shape index (κ3) is 5.33. The predicted molar refractivity (Wildman–Crippen MR) is 125 cm³/mol. The lowest BCUT2D eigenvalue weighted by Crippen LogP contribution is -2.50. The van der Waals surface area contributed by atoms with Gasteiger partial charge in [-0.2, -0.15) is 0 Å². The number of piperazine rings is 1. The molecule has 1 aromatic heterocycles. The van der Waals surface area contributed by atoms with Gasteiger partial charge in [-0.1, -0.05) is 12.8 Å². The Bertz CT molecular complexity index is 869. The Morgan fingerprint density at radius 2 is 1.31 bits per heavy atom. The quantitative estimate of drug-likeness (QED) is 0.764. The summed E-state index contributed by atoms with van der Waals surface area (Å²) >= 11 is 0. The Hall–Kier alpha value is -3.23. The number of anilines is 3. The van der Waals surface area contributed by atoms with Gasteiger partial charge in [0.15, 0.2) is 11.6 Å². The fourth-order valence-electron chi connectivity index (χ4n) is 4.18. The molecule has 2 saturated heterocycles. The van der Waals surface area contributed by atoms with Crippen molar-refractivity contribution < 1.29 is 14.3 Å².